The second-order valence-electron chi connectivity index (χ2n) is 8.96. The monoisotopic (exact) mass is 380 g/mol. The molecule has 3 rings (SSSR count). The smallest absolute Gasteiger partial charge is 0.303 e. The Morgan fingerprint density at radius 2 is 1.93 bits per heavy atom. The van der Waals surface area contributed by atoms with Crippen LogP contribution in [-0.2, 0) is 9.53 Å². The summed E-state index contributed by atoms with van der Waals surface area (Å²) >= 11 is 0. The summed E-state index contributed by atoms with van der Waals surface area (Å²) in [6.07, 6.45) is 14.1. The van der Waals surface area contributed by atoms with Gasteiger partial charge in [-0.1, -0.05) is 44.3 Å². The van der Waals surface area contributed by atoms with Crippen LogP contribution in [-0.4, -0.2) is 46.2 Å². The molecule has 6 atom stereocenters. The number of aliphatic hydroxyl groups excluding tert-OH is 2. The fourth-order valence-corrected chi connectivity index (χ4v) is 5.58. The number of rotatable bonds is 9. The molecule has 0 radical (unpaired) electrons. The average Bonchev–Trinajstić information content (AvgIpc) is 3.14. The van der Waals surface area contributed by atoms with Gasteiger partial charge < -0.3 is 20.1 Å². The molecule has 5 heteroatoms. The summed E-state index contributed by atoms with van der Waals surface area (Å²) in [4.78, 5) is 10.6. The molecule has 0 spiro atoms. The standard InChI is InChI=1S/C22H36O5/c23-17(11-15-5-2-1-3-6-15)8-9-19-20-14-18(12-16(20)13-21(19)24)27-10-4-7-22(25)26/h8-9,15-21,23-24H,1-7,10-14H2,(H,25,26)/t16-,17?,18?,19-,20+,21-/m0/s1. The minimum Gasteiger partial charge on any atom is -0.481 e. The molecule has 0 amide bonds. The zero-order valence-electron chi connectivity index (χ0n) is 16.3. The Morgan fingerprint density at radius 1 is 1.15 bits per heavy atom. The number of carboxylic acids is 1. The maximum absolute atomic E-state index is 10.6. The SMILES string of the molecule is O=C(O)CCCOC1C[C@H]2C[C@H](O)[C@@H](C=CC(O)CC3CCCCC3)[C@@H]2C1. The van der Waals surface area contributed by atoms with Crippen LogP contribution in [0.15, 0.2) is 12.2 Å². The van der Waals surface area contributed by atoms with E-state index in [1.807, 2.05) is 6.08 Å². The summed E-state index contributed by atoms with van der Waals surface area (Å²) in [7, 11) is 0. The van der Waals surface area contributed by atoms with Crippen LogP contribution in [0.2, 0.25) is 0 Å². The summed E-state index contributed by atoms with van der Waals surface area (Å²) in [6.45, 7) is 0.500. The molecular weight excluding hydrogens is 344 g/mol. The van der Waals surface area contributed by atoms with Crippen molar-refractivity contribution in [1.82, 2.24) is 0 Å². The van der Waals surface area contributed by atoms with Crippen LogP contribution in [0.1, 0.15) is 70.6 Å². The largest absolute Gasteiger partial charge is 0.481 e. The number of fused-ring (bicyclic) bond motifs is 1. The Kier molecular flexibility index (Phi) is 7.74. The van der Waals surface area contributed by atoms with Gasteiger partial charge in [0.15, 0.2) is 0 Å². The van der Waals surface area contributed by atoms with Crippen LogP contribution < -0.4 is 0 Å². The fourth-order valence-electron chi connectivity index (χ4n) is 5.58. The Morgan fingerprint density at radius 3 is 2.67 bits per heavy atom. The first-order chi connectivity index (χ1) is 13.0. The lowest BCUT2D eigenvalue weighted by atomic mass is 9.85. The van der Waals surface area contributed by atoms with Gasteiger partial charge in [0.25, 0.3) is 0 Å². The molecule has 3 fully saturated rings. The van der Waals surface area contributed by atoms with Gasteiger partial charge in [0.1, 0.15) is 0 Å². The normalized spacial score (nSPS) is 35.6. The molecule has 27 heavy (non-hydrogen) atoms. The van der Waals surface area contributed by atoms with Gasteiger partial charge in [-0.15, -0.1) is 0 Å². The lowest BCUT2D eigenvalue weighted by molar-refractivity contribution is -0.137. The number of hydrogen-bond acceptors (Lipinski definition) is 4. The van der Waals surface area contributed by atoms with E-state index in [2.05, 4.69) is 6.08 Å². The van der Waals surface area contributed by atoms with E-state index in [1.165, 1.54) is 32.1 Å². The van der Waals surface area contributed by atoms with Gasteiger partial charge in [-0.2, -0.15) is 0 Å². The third-order valence-electron chi connectivity index (χ3n) is 6.93. The Labute approximate surface area is 162 Å². The van der Waals surface area contributed by atoms with Crippen molar-refractivity contribution >= 4 is 5.97 Å². The summed E-state index contributed by atoms with van der Waals surface area (Å²) < 4.78 is 5.88. The molecule has 0 aromatic rings. The van der Waals surface area contributed by atoms with E-state index in [1.54, 1.807) is 0 Å². The Balaban J connectivity index is 1.44. The first kappa shape index (κ1) is 20.8. The topological polar surface area (TPSA) is 87.0 Å². The molecule has 0 heterocycles. The maximum Gasteiger partial charge on any atom is 0.303 e. The molecule has 0 bridgehead atoms. The predicted octanol–water partition coefficient (Wildman–Crippen LogP) is 3.53. The molecule has 0 saturated heterocycles. The lowest BCUT2D eigenvalue weighted by Gasteiger charge is -2.23. The van der Waals surface area contributed by atoms with Crippen molar-refractivity contribution in [3.63, 3.8) is 0 Å². The zero-order chi connectivity index (χ0) is 19.2. The van der Waals surface area contributed by atoms with E-state index < -0.39 is 12.1 Å². The summed E-state index contributed by atoms with van der Waals surface area (Å²) in [5.41, 5.74) is 0. The van der Waals surface area contributed by atoms with Crippen LogP contribution in [0.3, 0.4) is 0 Å². The summed E-state index contributed by atoms with van der Waals surface area (Å²) in [6, 6.07) is 0. The van der Waals surface area contributed by atoms with Gasteiger partial charge >= 0.3 is 5.97 Å². The molecule has 2 unspecified atom stereocenters. The van der Waals surface area contributed by atoms with Crippen LogP contribution in [0.5, 0.6) is 0 Å². The lowest BCUT2D eigenvalue weighted by Crippen LogP contribution is -2.21. The van der Waals surface area contributed by atoms with Gasteiger partial charge in [0.2, 0.25) is 0 Å². The van der Waals surface area contributed by atoms with E-state index >= 15 is 0 Å². The van der Waals surface area contributed by atoms with Crippen LogP contribution in [0.25, 0.3) is 0 Å². The highest BCUT2D eigenvalue weighted by Crippen LogP contribution is 2.49. The Bertz CT molecular complexity index is 499. The van der Waals surface area contributed by atoms with E-state index in [0.717, 1.165) is 25.7 Å². The molecule has 5 nitrogen and oxygen atoms in total. The molecule has 0 aromatic carbocycles. The van der Waals surface area contributed by atoms with E-state index in [-0.39, 0.29) is 24.5 Å². The third-order valence-corrected chi connectivity index (χ3v) is 6.93. The molecule has 3 N–H and O–H groups in total. The molecular formula is C22H36O5. The number of aliphatic hydroxyl groups is 2. The minimum absolute atomic E-state index is 0.114. The highest BCUT2D eigenvalue weighted by atomic mass is 16.5. The van der Waals surface area contributed by atoms with Crippen molar-refractivity contribution < 1.29 is 24.9 Å². The van der Waals surface area contributed by atoms with E-state index in [4.69, 9.17) is 9.84 Å². The zero-order valence-corrected chi connectivity index (χ0v) is 16.3. The van der Waals surface area contributed by atoms with Gasteiger partial charge in [-0.3, -0.25) is 4.79 Å². The number of hydrogen-bond donors (Lipinski definition) is 3. The average molecular weight is 381 g/mol. The van der Waals surface area contributed by atoms with Crippen molar-refractivity contribution in [2.75, 3.05) is 6.61 Å². The van der Waals surface area contributed by atoms with Gasteiger partial charge in [0, 0.05) is 18.9 Å². The second kappa shape index (κ2) is 10.0. The quantitative estimate of drug-likeness (QED) is 0.421. The van der Waals surface area contributed by atoms with Gasteiger partial charge in [-0.05, 0) is 49.9 Å². The Hall–Kier alpha value is -0.910. The number of aliphatic carboxylic acids is 1. The van der Waals surface area contributed by atoms with Crippen LogP contribution >= 0.6 is 0 Å². The van der Waals surface area contributed by atoms with Gasteiger partial charge in [0.05, 0.1) is 18.3 Å². The van der Waals surface area contributed by atoms with Crippen LogP contribution in [0, 0.1) is 23.7 Å². The highest BCUT2D eigenvalue weighted by Gasteiger charge is 2.47. The molecule has 0 aliphatic heterocycles. The number of ether oxygens (including phenoxy) is 1. The molecule has 0 aromatic heterocycles. The van der Waals surface area contributed by atoms with E-state index in [9.17, 15) is 15.0 Å². The second-order valence-corrected chi connectivity index (χ2v) is 8.96. The number of carboxylic acid groups (broad SMARTS) is 1. The number of carbonyl (C=O) groups is 1. The van der Waals surface area contributed by atoms with Crippen molar-refractivity contribution in [2.45, 2.75) is 88.9 Å². The summed E-state index contributed by atoms with van der Waals surface area (Å²) in [5.74, 6) is 0.887. The fraction of sp³-hybridized carbons (Fsp3) is 0.864. The molecule has 3 aliphatic carbocycles. The van der Waals surface area contributed by atoms with Crippen LogP contribution in [0.4, 0.5) is 0 Å². The maximum atomic E-state index is 10.6. The van der Waals surface area contributed by atoms with Crippen molar-refractivity contribution in [1.29, 1.82) is 0 Å². The first-order valence-corrected chi connectivity index (χ1v) is 10.9. The van der Waals surface area contributed by atoms with Crippen molar-refractivity contribution in [3.05, 3.63) is 12.2 Å². The van der Waals surface area contributed by atoms with Gasteiger partial charge in [-0.25, -0.2) is 0 Å². The molecule has 3 saturated carbocycles. The van der Waals surface area contributed by atoms with Crippen molar-refractivity contribution in [3.8, 4) is 0 Å². The highest BCUT2D eigenvalue weighted by molar-refractivity contribution is 5.66. The first-order valence-electron chi connectivity index (χ1n) is 10.9. The molecule has 154 valence electrons. The minimum atomic E-state index is -0.776. The third kappa shape index (κ3) is 6.03. The van der Waals surface area contributed by atoms with Crippen molar-refractivity contribution in [2.24, 2.45) is 23.7 Å². The van der Waals surface area contributed by atoms with E-state index in [0.29, 0.717) is 30.8 Å². The summed E-state index contributed by atoms with van der Waals surface area (Å²) in [5, 5.41) is 29.5. The molecule has 3 aliphatic rings. The predicted molar refractivity (Wildman–Crippen MR) is 103 cm³/mol.